The summed E-state index contributed by atoms with van der Waals surface area (Å²) >= 11 is 0. The highest BCUT2D eigenvalue weighted by atomic mass is 16.5. The Bertz CT molecular complexity index is 986. The van der Waals surface area contributed by atoms with Gasteiger partial charge in [0.1, 0.15) is 6.04 Å². The smallest absolute Gasteiger partial charge is 0.318 e. The molecule has 3 aliphatic rings. The van der Waals surface area contributed by atoms with E-state index in [4.69, 9.17) is 4.74 Å². The topological polar surface area (TPSA) is 94.2 Å². The Kier molecular flexibility index (Phi) is 10.7. The van der Waals surface area contributed by atoms with E-state index in [0.29, 0.717) is 26.1 Å². The zero-order chi connectivity index (χ0) is 28.6. The number of benzene rings is 1. The Hall–Kier alpha value is -2.81. The van der Waals surface area contributed by atoms with Crippen molar-refractivity contribution in [3.63, 3.8) is 0 Å². The van der Waals surface area contributed by atoms with Crippen LogP contribution in [0.15, 0.2) is 24.3 Å². The van der Waals surface area contributed by atoms with E-state index in [1.54, 1.807) is 4.90 Å². The molecule has 1 aromatic rings. The van der Waals surface area contributed by atoms with Crippen molar-refractivity contribution in [2.45, 2.75) is 102 Å². The fourth-order valence-corrected chi connectivity index (χ4v) is 6.23. The first kappa shape index (κ1) is 30.2. The molecule has 4 amide bonds. The third-order valence-corrected chi connectivity index (χ3v) is 8.42. The molecular weight excluding hydrogens is 506 g/mol. The van der Waals surface area contributed by atoms with Crippen molar-refractivity contribution in [3.05, 3.63) is 29.8 Å². The lowest BCUT2D eigenvalue weighted by atomic mass is 9.93. The molecule has 3 atom stereocenters. The Labute approximate surface area is 240 Å². The zero-order valence-corrected chi connectivity index (χ0v) is 24.9. The lowest BCUT2D eigenvalue weighted by Gasteiger charge is -2.47. The molecule has 3 fully saturated rings. The van der Waals surface area contributed by atoms with Crippen molar-refractivity contribution in [3.8, 4) is 0 Å². The van der Waals surface area contributed by atoms with Gasteiger partial charge in [0.2, 0.25) is 11.8 Å². The van der Waals surface area contributed by atoms with E-state index < -0.39 is 12.1 Å². The van der Waals surface area contributed by atoms with E-state index in [9.17, 15) is 14.4 Å². The second-order valence-corrected chi connectivity index (χ2v) is 12.4. The fraction of sp³-hybridized carbons (Fsp3) is 0.710. The summed E-state index contributed by atoms with van der Waals surface area (Å²) in [7, 11) is 4.00. The van der Waals surface area contributed by atoms with E-state index >= 15 is 0 Å². The number of nitrogens with zero attached hydrogens (tertiary/aromatic N) is 3. The van der Waals surface area contributed by atoms with Gasteiger partial charge in [0.15, 0.2) is 0 Å². The SMILES string of the molecule is CC(C)C[C@H]1C(=O)N(Cc2ccc(N(C)C)cc2)C[C@H](CC(=O)NCC2CCCO2)N1C(=O)NC1CCCCC1. The van der Waals surface area contributed by atoms with Crippen LogP contribution >= 0.6 is 0 Å². The maximum absolute atomic E-state index is 14.0. The second-order valence-electron chi connectivity index (χ2n) is 12.4. The highest BCUT2D eigenvalue weighted by molar-refractivity contribution is 5.89. The van der Waals surface area contributed by atoms with Gasteiger partial charge < -0.3 is 30.1 Å². The van der Waals surface area contributed by atoms with Crippen molar-refractivity contribution in [1.82, 2.24) is 20.4 Å². The van der Waals surface area contributed by atoms with Gasteiger partial charge in [0.25, 0.3) is 0 Å². The Morgan fingerprint density at radius 1 is 1.05 bits per heavy atom. The maximum atomic E-state index is 14.0. The minimum absolute atomic E-state index is 0.0415. The van der Waals surface area contributed by atoms with Crippen LogP contribution in [0.3, 0.4) is 0 Å². The number of nitrogens with one attached hydrogen (secondary N) is 2. The summed E-state index contributed by atoms with van der Waals surface area (Å²) in [5, 5.41) is 6.26. The molecule has 9 heteroatoms. The monoisotopic (exact) mass is 555 g/mol. The average molecular weight is 556 g/mol. The number of ether oxygens (including phenoxy) is 1. The van der Waals surface area contributed by atoms with E-state index in [2.05, 4.69) is 36.6 Å². The second kappa shape index (κ2) is 14.2. The highest BCUT2D eigenvalue weighted by Crippen LogP contribution is 2.28. The molecule has 2 heterocycles. The van der Waals surface area contributed by atoms with Crippen LogP contribution in [0.2, 0.25) is 0 Å². The molecule has 4 rings (SSSR count). The van der Waals surface area contributed by atoms with Gasteiger partial charge in [-0.15, -0.1) is 0 Å². The molecule has 0 bridgehead atoms. The first-order chi connectivity index (χ1) is 19.2. The maximum Gasteiger partial charge on any atom is 0.318 e. The molecule has 2 saturated heterocycles. The van der Waals surface area contributed by atoms with Crippen molar-refractivity contribution < 1.29 is 19.1 Å². The predicted molar refractivity (Wildman–Crippen MR) is 157 cm³/mol. The minimum atomic E-state index is -0.602. The zero-order valence-electron chi connectivity index (χ0n) is 24.9. The third kappa shape index (κ3) is 8.12. The summed E-state index contributed by atoms with van der Waals surface area (Å²) in [6, 6.07) is 7.10. The molecule has 0 radical (unpaired) electrons. The largest absolute Gasteiger partial charge is 0.378 e. The van der Waals surface area contributed by atoms with Crippen molar-refractivity contribution >= 4 is 23.5 Å². The lowest BCUT2D eigenvalue weighted by Crippen LogP contribution is -2.66. The van der Waals surface area contributed by atoms with Gasteiger partial charge >= 0.3 is 6.03 Å². The molecule has 222 valence electrons. The molecule has 9 nitrogen and oxygen atoms in total. The van der Waals surface area contributed by atoms with Crippen molar-refractivity contribution in [1.29, 1.82) is 0 Å². The molecule has 0 spiro atoms. The Morgan fingerprint density at radius 2 is 1.77 bits per heavy atom. The molecule has 2 N–H and O–H groups in total. The van der Waals surface area contributed by atoms with E-state index in [1.165, 1.54) is 6.42 Å². The molecule has 1 aromatic carbocycles. The first-order valence-electron chi connectivity index (χ1n) is 15.2. The van der Waals surface area contributed by atoms with Crippen molar-refractivity contribution in [2.24, 2.45) is 5.92 Å². The Balaban J connectivity index is 1.54. The van der Waals surface area contributed by atoms with Gasteiger partial charge in [-0.25, -0.2) is 4.79 Å². The van der Waals surface area contributed by atoms with Gasteiger partial charge in [-0.1, -0.05) is 45.2 Å². The average Bonchev–Trinajstić information content (AvgIpc) is 3.44. The van der Waals surface area contributed by atoms with Crippen LogP contribution in [-0.4, -0.2) is 85.7 Å². The lowest BCUT2D eigenvalue weighted by molar-refractivity contribution is -0.145. The van der Waals surface area contributed by atoms with Crippen LogP contribution < -0.4 is 15.5 Å². The summed E-state index contributed by atoms with van der Waals surface area (Å²) in [6.07, 6.45) is 8.06. The van der Waals surface area contributed by atoms with Gasteiger partial charge in [-0.2, -0.15) is 0 Å². The highest BCUT2D eigenvalue weighted by Gasteiger charge is 2.44. The van der Waals surface area contributed by atoms with Crippen LogP contribution in [0.1, 0.15) is 77.2 Å². The molecule has 1 saturated carbocycles. The van der Waals surface area contributed by atoms with Gasteiger partial charge in [-0.05, 0) is 55.7 Å². The van der Waals surface area contributed by atoms with E-state index in [1.807, 2.05) is 36.0 Å². The molecule has 1 unspecified atom stereocenters. The number of carbonyl (C=O) groups is 3. The van der Waals surface area contributed by atoms with Gasteiger partial charge in [0.05, 0.1) is 12.1 Å². The summed E-state index contributed by atoms with van der Waals surface area (Å²) < 4.78 is 5.67. The van der Waals surface area contributed by atoms with E-state index in [0.717, 1.165) is 56.4 Å². The number of amides is 4. The minimum Gasteiger partial charge on any atom is -0.378 e. The summed E-state index contributed by atoms with van der Waals surface area (Å²) in [4.78, 5) is 46.6. The van der Waals surface area contributed by atoms with Gasteiger partial charge in [0, 0.05) is 58.5 Å². The number of piperazine rings is 1. The summed E-state index contributed by atoms with van der Waals surface area (Å²) in [6.45, 7) is 6.15. The van der Waals surface area contributed by atoms with Gasteiger partial charge in [-0.3, -0.25) is 9.59 Å². The summed E-state index contributed by atoms with van der Waals surface area (Å²) in [5.74, 6) is 0.0661. The normalized spacial score (nSPS) is 23.9. The van der Waals surface area contributed by atoms with Crippen LogP contribution in [0.25, 0.3) is 0 Å². The van der Waals surface area contributed by atoms with Crippen LogP contribution in [0.5, 0.6) is 0 Å². The van der Waals surface area contributed by atoms with Crippen LogP contribution in [-0.2, 0) is 20.9 Å². The number of carbonyl (C=O) groups excluding carboxylic acids is 3. The van der Waals surface area contributed by atoms with Crippen molar-refractivity contribution in [2.75, 3.05) is 38.7 Å². The number of hydrogen-bond donors (Lipinski definition) is 2. The molecular formula is C31H49N5O4. The summed E-state index contributed by atoms with van der Waals surface area (Å²) in [5.41, 5.74) is 2.13. The number of hydrogen-bond acceptors (Lipinski definition) is 5. The number of anilines is 1. The Morgan fingerprint density at radius 3 is 2.40 bits per heavy atom. The number of urea groups is 1. The molecule has 40 heavy (non-hydrogen) atoms. The first-order valence-corrected chi connectivity index (χ1v) is 15.2. The predicted octanol–water partition coefficient (Wildman–Crippen LogP) is 3.91. The number of rotatable bonds is 10. The van der Waals surface area contributed by atoms with Crippen LogP contribution in [0, 0.1) is 5.92 Å². The fourth-order valence-electron chi connectivity index (χ4n) is 6.23. The molecule has 2 aliphatic heterocycles. The third-order valence-electron chi connectivity index (χ3n) is 8.42. The molecule has 0 aromatic heterocycles. The van der Waals surface area contributed by atoms with Crippen LogP contribution in [0.4, 0.5) is 10.5 Å². The quantitative estimate of drug-likeness (QED) is 0.457. The molecule has 1 aliphatic carbocycles. The van der Waals surface area contributed by atoms with E-state index in [-0.39, 0.29) is 42.3 Å². The standard InChI is InChI=1S/C31H49N5O4/c1-22(2)17-28-30(38)35(20-23-12-14-25(15-13-23)34(3)4)21-26(18-29(37)32-19-27-11-8-16-40-27)36(28)31(39)33-24-9-6-5-7-10-24/h12-15,22,24,26-28H,5-11,16-21H2,1-4H3,(H,32,37)(H,33,39)/t26-,27?,28-/m0/s1.